The minimum absolute atomic E-state index is 0.0267. The monoisotopic (exact) mass is 350 g/mol. The molecular weight excluding hydrogens is 339 g/mol. The molecule has 0 amide bonds. The van der Waals surface area contributed by atoms with Crippen LogP contribution in [0.25, 0.3) is 0 Å². The fraction of sp³-hybridized carbons (Fsp3) is 0.188. The summed E-state index contributed by atoms with van der Waals surface area (Å²) in [5, 5.41) is 0. The zero-order valence-corrected chi connectivity index (χ0v) is 12.7. The summed E-state index contributed by atoms with van der Waals surface area (Å²) < 4.78 is 25.5. The van der Waals surface area contributed by atoms with Gasteiger partial charge in [-0.05, 0) is 36.4 Å². The Morgan fingerprint density at radius 2 is 1.81 bits per heavy atom. The van der Waals surface area contributed by atoms with Gasteiger partial charge in [-0.3, -0.25) is 4.79 Å². The minimum atomic E-state index is -0.546. The van der Waals surface area contributed by atoms with Crippen molar-refractivity contribution in [3.63, 3.8) is 0 Å². The molecule has 0 saturated heterocycles. The van der Waals surface area contributed by atoms with Gasteiger partial charge in [0.05, 0.1) is 18.8 Å². The zero-order chi connectivity index (χ0) is 14.8. The number of carbonyl (C=O) groups excluding carboxylic acids is 1. The number of halogens is 2. The van der Waals surface area contributed by atoms with Crippen LogP contribution >= 0.6 is 15.9 Å². The standard InChI is InChI=1S/C16H12BrFO3/c17-11-3-4-13(18)12(9-11)16(19)10-2-5-14-15(8-10)21-7-1-6-20-14/h2-5,8-9H,1,6-7H2. The molecule has 2 aromatic rings. The van der Waals surface area contributed by atoms with E-state index in [1.807, 2.05) is 0 Å². The first-order valence-electron chi connectivity index (χ1n) is 6.54. The van der Waals surface area contributed by atoms with Gasteiger partial charge in [-0.25, -0.2) is 4.39 Å². The Bertz CT molecular complexity index is 700. The highest BCUT2D eigenvalue weighted by Gasteiger charge is 2.18. The molecule has 0 fully saturated rings. The molecule has 0 spiro atoms. The summed E-state index contributed by atoms with van der Waals surface area (Å²) in [7, 11) is 0. The highest BCUT2D eigenvalue weighted by atomic mass is 79.9. The maximum absolute atomic E-state index is 13.8. The van der Waals surface area contributed by atoms with Gasteiger partial charge in [0, 0.05) is 16.5 Å². The molecule has 1 heterocycles. The fourth-order valence-electron chi connectivity index (χ4n) is 2.13. The molecule has 0 aliphatic carbocycles. The molecule has 1 aliphatic rings. The second-order valence-electron chi connectivity index (χ2n) is 4.67. The Morgan fingerprint density at radius 1 is 1.05 bits per heavy atom. The molecule has 5 heteroatoms. The number of carbonyl (C=O) groups is 1. The molecule has 3 rings (SSSR count). The van der Waals surface area contributed by atoms with Crippen molar-refractivity contribution in [1.29, 1.82) is 0 Å². The van der Waals surface area contributed by atoms with Gasteiger partial charge >= 0.3 is 0 Å². The summed E-state index contributed by atoms with van der Waals surface area (Å²) in [6.07, 6.45) is 0.790. The van der Waals surface area contributed by atoms with E-state index >= 15 is 0 Å². The Balaban J connectivity index is 1.98. The minimum Gasteiger partial charge on any atom is -0.490 e. The largest absolute Gasteiger partial charge is 0.490 e. The predicted octanol–water partition coefficient (Wildman–Crippen LogP) is 3.98. The van der Waals surface area contributed by atoms with Crippen molar-refractivity contribution in [2.24, 2.45) is 0 Å². The number of ketones is 1. The topological polar surface area (TPSA) is 35.5 Å². The summed E-state index contributed by atoms with van der Waals surface area (Å²) in [6.45, 7) is 1.12. The molecule has 0 N–H and O–H groups in total. The molecule has 0 atom stereocenters. The first kappa shape index (κ1) is 14.1. The highest BCUT2D eigenvalue weighted by molar-refractivity contribution is 9.10. The maximum Gasteiger partial charge on any atom is 0.196 e. The third kappa shape index (κ3) is 2.93. The number of hydrogen-bond donors (Lipinski definition) is 0. The number of ether oxygens (including phenoxy) is 2. The maximum atomic E-state index is 13.8. The van der Waals surface area contributed by atoms with Gasteiger partial charge in [-0.15, -0.1) is 0 Å². The molecule has 0 unspecified atom stereocenters. The first-order valence-corrected chi connectivity index (χ1v) is 7.34. The van der Waals surface area contributed by atoms with Crippen LogP contribution in [0.4, 0.5) is 4.39 Å². The normalized spacial score (nSPS) is 13.6. The SMILES string of the molecule is O=C(c1ccc2c(c1)OCCCO2)c1cc(Br)ccc1F. The number of hydrogen-bond acceptors (Lipinski definition) is 3. The van der Waals surface area contributed by atoms with Crippen molar-refractivity contribution in [1.82, 2.24) is 0 Å². The van der Waals surface area contributed by atoms with Crippen LogP contribution in [0.15, 0.2) is 40.9 Å². The van der Waals surface area contributed by atoms with Crippen LogP contribution < -0.4 is 9.47 Å². The molecule has 1 aliphatic heterocycles. The molecule has 2 aromatic carbocycles. The van der Waals surface area contributed by atoms with Crippen molar-refractivity contribution >= 4 is 21.7 Å². The average molecular weight is 351 g/mol. The van der Waals surface area contributed by atoms with Crippen LogP contribution in [0.1, 0.15) is 22.3 Å². The van der Waals surface area contributed by atoms with Crippen LogP contribution in [0.3, 0.4) is 0 Å². The number of benzene rings is 2. The zero-order valence-electron chi connectivity index (χ0n) is 11.1. The Labute approximate surface area is 129 Å². The van der Waals surface area contributed by atoms with Crippen LogP contribution in [-0.2, 0) is 0 Å². The second-order valence-corrected chi connectivity index (χ2v) is 5.58. The van der Waals surface area contributed by atoms with E-state index in [2.05, 4.69) is 15.9 Å². The first-order chi connectivity index (χ1) is 10.1. The van der Waals surface area contributed by atoms with Crippen molar-refractivity contribution in [3.8, 4) is 11.5 Å². The van der Waals surface area contributed by atoms with Crippen LogP contribution in [0.2, 0.25) is 0 Å². The molecule has 3 nitrogen and oxygen atoms in total. The number of fused-ring (bicyclic) bond motifs is 1. The number of rotatable bonds is 2. The lowest BCUT2D eigenvalue weighted by atomic mass is 10.0. The van der Waals surface area contributed by atoms with E-state index in [0.717, 1.165) is 6.42 Å². The van der Waals surface area contributed by atoms with Gasteiger partial charge in [0.15, 0.2) is 17.3 Å². The third-order valence-electron chi connectivity index (χ3n) is 3.18. The summed E-state index contributed by atoms with van der Waals surface area (Å²) >= 11 is 3.24. The average Bonchev–Trinajstić information content (AvgIpc) is 2.73. The van der Waals surface area contributed by atoms with E-state index in [9.17, 15) is 9.18 Å². The van der Waals surface area contributed by atoms with Gasteiger partial charge in [-0.1, -0.05) is 15.9 Å². The summed E-state index contributed by atoms with van der Waals surface area (Å²) in [6, 6.07) is 9.20. The van der Waals surface area contributed by atoms with Crippen LogP contribution in [0, 0.1) is 5.82 Å². The van der Waals surface area contributed by atoms with Crippen LogP contribution in [0.5, 0.6) is 11.5 Å². The predicted molar refractivity (Wildman–Crippen MR) is 79.6 cm³/mol. The second kappa shape index (κ2) is 5.85. The van der Waals surface area contributed by atoms with Crippen molar-refractivity contribution in [2.75, 3.05) is 13.2 Å². The lowest BCUT2D eigenvalue weighted by Crippen LogP contribution is -2.05. The molecule has 21 heavy (non-hydrogen) atoms. The van der Waals surface area contributed by atoms with Crippen LogP contribution in [-0.4, -0.2) is 19.0 Å². The van der Waals surface area contributed by atoms with Crippen molar-refractivity contribution < 1.29 is 18.7 Å². The quantitative estimate of drug-likeness (QED) is 0.768. The van der Waals surface area contributed by atoms with E-state index < -0.39 is 5.82 Å². The lowest BCUT2D eigenvalue weighted by Gasteiger charge is -2.09. The molecular formula is C16H12BrFO3. The van der Waals surface area contributed by atoms with E-state index in [1.165, 1.54) is 12.1 Å². The van der Waals surface area contributed by atoms with Gasteiger partial charge in [-0.2, -0.15) is 0 Å². The molecule has 0 radical (unpaired) electrons. The summed E-state index contributed by atoms with van der Waals surface area (Å²) in [5.41, 5.74) is 0.398. The molecule has 0 bridgehead atoms. The van der Waals surface area contributed by atoms with E-state index in [0.29, 0.717) is 34.7 Å². The summed E-state index contributed by atoms with van der Waals surface area (Å²) in [4.78, 5) is 12.4. The smallest absolute Gasteiger partial charge is 0.196 e. The van der Waals surface area contributed by atoms with Crippen molar-refractivity contribution in [2.45, 2.75) is 6.42 Å². The van der Waals surface area contributed by atoms with Crippen molar-refractivity contribution in [3.05, 3.63) is 57.8 Å². The van der Waals surface area contributed by atoms with Gasteiger partial charge < -0.3 is 9.47 Å². The molecule has 0 saturated carbocycles. The molecule has 0 aromatic heterocycles. The van der Waals surface area contributed by atoms with Gasteiger partial charge in [0.1, 0.15) is 5.82 Å². The van der Waals surface area contributed by atoms with E-state index in [4.69, 9.17) is 9.47 Å². The third-order valence-corrected chi connectivity index (χ3v) is 3.68. The summed E-state index contributed by atoms with van der Waals surface area (Å²) in [5.74, 6) is 0.201. The van der Waals surface area contributed by atoms with Gasteiger partial charge in [0.2, 0.25) is 0 Å². The van der Waals surface area contributed by atoms with E-state index in [-0.39, 0.29) is 11.3 Å². The fourth-order valence-corrected chi connectivity index (χ4v) is 2.49. The Morgan fingerprint density at radius 3 is 2.62 bits per heavy atom. The molecule has 108 valence electrons. The van der Waals surface area contributed by atoms with E-state index in [1.54, 1.807) is 24.3 Å². The lowest BCUT2D eigenvalue weighted by molar-refractivity contribution is 0.103. The Kier molecular flexibility index (Phi) is 3.92. The Hall–Kier alpha value is -1.88. The van der Waals surface area contributed by atoms with Gasteiger partial charge in [0.25, 0.3) is 0 Å². The highest BCUT2D eigenvalue weighted by Crippen LogP contribution is 2.31.